The van der Waals surface area contributed by atoms with Gasteiger partial charge in [-0.2, -0.15) is 0 Å². The fourth-order valence-electron chi connectivity index (χ4n) is 2.93. The van der Waals surface area contributed by atoms with Crippen molar-refractivity contribution >= 4 is 5.97 Å². The lowest BCUT2D eigenvalue weighted by atomic mass is 10.00. The van der Waals surface area contributed by atoms with Crippen LogP contribution in [0.5, 0.6) is 0 Å². The quantitative estimate of drug-likeness (QED) is 0.776. The summed E-state index contributed by atoms with van der Waals surface area (Å²) >= 11 is 0. The van der Waals surface area contributed by atoms with Gasteiger partial charge in [-0.05, 0) is 52.1 Å². The molecular weight excluding hydrogens is 190 g/mol. The second-order valence-corrected chi connectivity index (χ2v) is 5.37. The van der Waals surface area contributed by atoms with E-state index in [2.05, 4.69) is 11.8 Å². The predicted octanol–water partition coefficient (Wildman–Crippen LogP) is 1.97. The number of piperidine rings is 1. The van der Waals surface area contributed by atoms with Crippen LogP contribution in [0, 0.1) is 11.3 Å². The van der Waals surface area contributed by atoms with Gasteiger partial charge in [0.2, 0.25) is 0 Å². The Morgan fingerprint density at radius 3 is 2.47 bits per heavy atom. The van der Waals surface area contributed by atoms with Crippen molar-refractivity contribution in [3.05, 3.63) is 0 Å². The van der Waals surface area contributed by atoms with Crippen molar-refractivity contribution in [1.82, 2.24) is 4.90 Å². The molecule has 1 aliphatic carbocycles. The molecule has 86 valence electrons. The molecule has 15 heavy (non-hydrogen) atoms. The van der Waals surface area contributed by atoms with Crippen molar-refractivity contribution in [2.45, 2.75) is 45.6 Å². The van der Waals surface area contributed by atoms with Crippen LogP contribution in [0.1, 0.15) is 39.5 Å². The molecule has 1 heterocycles. The second kappa shape index (κ2) is 3.78. The summed E-state index contributed by atoms with van der Waals surface area (Å²) in [6.45, 7) is 6.41. The molecular formula is C12H21NO2. The lowest BCUT2D eigenvalue weighted by Gasteiger charge is -2.33. The summed E-state index contributed by atoms with van der Waals surface area (Å²) in [4.78, 5) is 13.5. The number of hydrogen-bond donors (Lipinski definition) is 1. The molecule has 1 N–H and O–H groups in total. The fourth-order valence-corrected chi connectivity index (χ4v) is 2.93. The van der Waals surface area contributed by atoms with Gasteiger partial charge in [0.15, 0.2) is 0 Å². The van der Waals surface area contributed by atoms with E-state index < -0.39 is 11.4 Å². The SMILES string of the molecule is CC(C1CC1(C)C(=O)O)N1CCCCC1. The average Bonchev–Trinajstić information content (AvgIpc) is 2.93. The first-order valence-electron chi connectivity index (χ1n) is 6.03. The zero-order chi connectivity index (χ0) is 11.1. The summed E-state index contributed by atoms with van der Waals surface area (Å²) in [5.74, 6) is -0.246. The summed E-state index contributed by atoms with van der Waals surface area (Å²) in [5, 5.41) is 9.11. The van der Waals surface area contributed by atoms with Crippen molar-refractivity contribution < 1.29 is 9.90 Å². The van der Waals surface area contributed by atoms with E-state index in [0.29, 0.717) is 12.0 Å². The molecule has 1 saturated carbocycles. The third kappa shape index (κ3) is 1.89. The van der Waals surface area contributed by atoms with E-state index in [1.807, 2.05) is 6.92 Å². The van der Waals surface area contributed by atoms with Crippen molar-refractivity contribution in [3.8, 4) is 0 Å². The minimum absolute atomic E-state index is 0.369. The van der Waals surface area contributed by atoms with Gasteiger partial charge in [-0.15, -0.1) is 0 Å². The third-order valence-corrected chi connectivity index (χ3v) is 4.34. The second-order valence-electron chi connectivity index (χ2n) is 5.37. The van der Waals surface area contributed by atoms with Crippen LogP contribution in [0.3, 0.4) is 0 Å². The number of nitrogens with zero attached hydrogens (tertiary/aromatic N) is 1. The third-order valence-electron chi connectivity index (χ3n) is 4.34. The van der Waals surface area contributed by atoms with Crippen molar-refractivity contribution in [2.75, 3.05) is 13.1 Å². The van der Waals surface area contributed by atoms with E-state index in [1.54, 1.807) is 0 Å². The molecule has 2 aliphatic rings. The maximum Gasteiger partial charge on any atom is 0.309 e. The highest BCUT2D eigenvalue weighted by molar-refractivity contribution is 5.78. The smallest absolute Gasteiger partial charge is 0.309 e. The number of aliphatic carboxylic acids is 1. The molecule has 3 unspecified atom stereocenters. The van der Waals surface area contributed by atoms with Gasteiger partial charge in [0.25, 0.3) is 0 Å². The number of likely N-dealkylation sites (tertiary alicyclic amines) is 1. The Morgan fingerprint density at radius 1 is 1.40 bits per heavy atom. The molecule has 0 radical (unpaired) electrons. The molecule has 0 amide bonds. The van der Waals surface area contributed by atoms with Gasteiger partial charge in [0.05, 0.1) is 5.41 Å². The number of hydrogen-bond acceptors (Lipinski definition) is 2. The van der Waals surface area contributed by atoms with Crippen molar-refractivity contribution in [1.29, 1.82) is 0 Å². The number of carboxylic acids is 1. The number of rotatable bonds is 3. The molecule has 1 saturated heterocycles. The van der Waals surface area contributed by atoms with Crippen molar-refractivity contribution in [3.63, 3.8) is 0 Å². The zero-order valence-electron chi connectivity index (χ0n) is 9.70. The van der Waals surface area contributed by atoms with Gasteiger partial charge in [-0.3, -0.25) is 4.79 Å². The Labute approximate surface area is 91.5 Å². The van der Waals surface area contributed by atoms with Gasteiger partial charge in [0.1, 0.15) is 0 Å². The van der Waals surface area contributed by atoms with Gasteiger partial charge < -0.3 is 10.0 Å². The van der Waals surface area contributed by atoms with Gasteiger partial charge >= 0.3 is 5.97 Å². The molecule has 0 bridgehead atoms. The van der Waals surface area contributed by atoms with Crippen LogP contribution in [0.2, 0.25) is 0 Å². The van der Waals surface area contributed by atoms with Gasteiger partial charge in [-0.25, -0.2) is 0 Å². The summed E-state index contributed by atoms with van der Waals surface area (Å²) in [5.41, 5.74) is -0.434. The first-order valence-corrected chi connectivity index (χ1v) is 6.03. The lowest BCUT2D eigenvalue weighted by Crippen LogP contribution is -2.40. The first-order chi connectivity index (χ1) is 7.05. The van der Waals surface area contributed by atoms with E-state index in [4.69, 9.17) is 5.11 Å². The molecule has 2 rings (SSSR count). The monoisotopic (exact) mass is 211 g/mol. The summed E-state index contributed by atoms with van der Waals surface area (Å²) in [6.07, 6.45) is 4.76. The van der Waals surface area contributed by atoms with Gasteiger partial charge in [-0.1, -0.05) is 6.42 Å². The maximum atomic E-state index is 11.1. The largest absolute Gasteiger partial charge is 0.481 e. The normalized spacial score (nSPS) is 38.7. The summed E-state index contributed by atoms with van der Waals surface area (Å²) < 4.78 is 0. The minimum atomic E-state index is -0.614. The van der Waals surface area contributed by atoms with Crippen LogP contribution in [-0.2, 0) is 4.79 Å². The molecule has 3 nitrogen and oxygen atoms in total. The Balaban J connectivity index is 1.92. The van der Waals surface area contributed by atoms with E-state index >= 15 is 0 Å². The predicted molar refractivity (Wildman–Crippen MR) is 58.7 cm³/mol. The molecule has 0 aromatic heterocycles. The van der Waals surface area contributed by atoms with Crippen LogP contribution in [0.4, 0.5) is 0 Å². The zero-order valence-corrected chi connectivity index (χ0v) is 9.70. The fraction of sp³-hybridized carbons (Fsp3) is 0.917. The summed E-state index contributed by atoms with van der Waals surface area (Å²) in [6, 6.07) is 0.450. The number of carboxylic acid groups (broad SMARTS) is 1. The Kier molecular flexibility index (Phi) is 2.75. The highest BCUT2D eigenvalue weighted by atomic mass is 16.4. The minimum Gasteiger partial charge on any atom is -0.481 e. The molecule has 3 atom stereocenters. The molecule has 0 aromatic carbocycles. The van der Waals surface area contributed by atoms with E-state index in [-0.39, 0.29) is 0 Å². The summed E-state index contributed by atoms with van der Waals surface area (Å²) in [7, 11) is 0. The first kappa shape index (κ1) is 10.9. The van der Waals surface area contributed by atoms with Crippen LogP contribution in [0.15, 0.2) is 0 Å². The Bertz CT molecular complexity index is 260. The maximum absolute atomic E-state index is 11.1. The van der Waals surface area contributed by atoms with E-state index in [9.17, 15) is 4.79 Å². The average molecular weight is 211 g/mol. The highest BCUT2D eigenvalue weighted by Crippen LogP contribution is 2.55. The molecule has 3 heteroatoms. The van der Waals surface area contributed by atoms with Crippen molar-refractivity contribution in [2.24, 2.45) is 11.3 Å². The lowest BCUT2D eigenvalue weighted by molar-refractivity contribution is -0.143. The molecule has 2 fully saturated rings. The standard InChI is InChI=1S/C12H21NO2/c1-9(13-6-4-3-5-7-13)10-8-12(10,2)11(14)15/h9-10H,3-8H2,1-2H3,(H,14,15). The van der Waals surface area contributed by atoms with E-state index in [1.165, 1.54) is 19.3 Å². The van der Waals surface area contributed by atoms with Crippen LogP contribution < -0.4 is 0 Å². The Morgan fingerprint density at radius 2 is 2.00 bits per heavy atom. The Hall–Kier alpha value is -0.570. The molecule has 1 aliphatic heterocycles. The molecule has 0 aromatic rings. The van der Waals surface area contributed by atoms with E-state index in [0.717, 1.165) is 19.5 Å². The van der Waals surface area contributed by atoms with Crippen LogP contribution in [0.25, 0.3) is 0 Å². The van der Waals surface area contributed by atoms with Gasteiger partial charge in [0, 0.05) is 6.04 Å². The van der Waals surface area contributed by atoms with Crippen LogP contribution in [-0.4, -0.2) is 35.1 Å². The highest BCUT2D eigenvalue weighted by Gasteiger charge is 2.59. The topological polar surface area (TPSA) is 40.5 Å². The molecule has 0 spiro atoms. The number of carbonyl (C=O) groups is 1. The van der Waals surface area contributed by atoms with Crippen LogP contribution >= 0.6 is 0 Å².